The van der Waals surface area contributed by atoms with Gasteiger partial charge in [-0.05, 0) is 117 Å². The maximum absolute atomic E-state index is 13.5. The fourth-order valence-corrected chi connectivity index (χ4v) is 8.32. The third-order valence-corrected chi connectivity index (χ3v) is 11.4. The molecule has 10 nitrogen and oxygen atoms in total. The van der Waals surface area contributed by atoms with Gasteiger partial charge in [0.1, 0.15) is 11.8 Å². The van der Waals surface area contributed by atoms with Crippen LogP contribution in [0, 0.1) is 18.3 Å². The minimum Gasteiger partial charge on any atom is -0.494 e. The van der Waals surface area contributed by atoms with Crippen LogP contribution in [0.2, 0.25) is 0 Å². The Morgan fingerprint density at radius 3 is 2.30 bits per heavy atom. The van der Waals surface area contributed by atoms with Crippen LogP contribution in [0.4, 0.5) is 24.5 Å². The largest absolute Gasteiger partial charge is 0.494 e. The highest BCUT2D eigenvalue weighted by Gasteiger charge is 2.39. The predicted molar refractivity (Wildman–Crippen MR) is 197 cm³/mol. The van der Waals surface area contributed by atoms with Crippen LogP contribution >= 0.6 is 0 Å². The number of amides is 3. The molecule has 7 rings (SSSR count). The molecule has 0 aliphatic carbocycles. The van der Waals surface area contributed by atoms with Gasteiger partial charge in [0.2, 0.25) is 11.8 Å². The molecule has 284 valence electrons. The molecule has 3 aromatic rings. The summed E-state index contributed by atoms with van der Waals surface area (Å²) in [6.07, 6.45) is -0.352. The number of hydrogen-bond acceptors (Lipinski definition) is 8. The number of nitrogens with zero attached hydrogens (tertiary/aromatic N) is 5. The molecule has 4 heterocycles. The number of imide groups is 1. The quantitative estimate of drug-likeness (QED) is 0.199. The molecule has 0 aromatic heterocycles. The predicted octanol–water partition coefficient (Wildman–Crippen LogP) is 6.01. The Hall–Kier alpha value is -5.09. The number of nitriles is 1. The number of piperidine rings is 2. The number of carbonyl (C=O) groups is 3. The summed E-state index contributed by atoms with van der Waals surface area (Å²) in [4.78, 5) is 45.4. The lowest BCUT2D eigenvalue weighted by molar-refractivity contribution is -0.138. The van der Waals surface area contributed by atoms with Crippen molar-refractivity contribution >= 4 is 29.1 Å². The maximum atomic E-state index is 13.5. The maximum Gasteiger partial charge on any atom is 0.417 e. The van der Waals surface area contributed by atoms with Crippen molar-refractivity contribution < 1.29 is 32.3 Å². The Morgan fingerprint density at radius 1 is 0.870 bits per heavy atom. The molecule has 3 amide bonds. The molecule has 1 atom stereocenters. The van der Waals surface area contributed by atoms with Crippen LogP contribution in [-0.2, 0) is 22.3 Å². The molecule has 54 heavy (non-hydrogen) atoms. The van der Waals surface area contributed by atoms with Crippen molar-refractivity contribution in [1.82, 2.24) is 15.1 Å². The highest BCUT2D eigenvalue weighted by Crippen LogP contribution is 2.38. The first-order valence-corrected chi connectivity index (χ1v) is 18.8. The number of carbonyl (C=O) groups excluding carboxylic acids is 3. The van der Waals surface area contributed by atoms with E-state index in [1.807, 2.05) is 23.1 Å². The van der Waals surface area contributed by atoms with Crippen molar-refractivity contribution in [2.24, 2.45) is 0 Å². The summed E-state index contributed by atoms with van der Waals surface area (Å²) in [5, 5.41) is 11.5. The summed E-state index contributed by atoms with van der Waals surface area (Å²) in [5.74, 6) is 0.321. The first-order chi connectivity index (χ1) is 26.0. The summed E-state index contributed by atoms with van der Waals surface area (Å²) in [7, 11) is 0. The van der Waals surface area contributed by atoms with Crippen LogP contribution in [0.3, 0.4) is 0 Å². The van der Waals surface area contributed by atoms with Crippen LogP contribution in [0.5, 0.6) is 5.75 Å². The van der Waals surface area contributed by atoms with Crippen molar-refractivity contribution in [2.45, 2.75) is 70.1 Å². The molecule has 4 aliphatic heterocycles. The van der Waals surface area contributed by atoms with Gasteiger partial charge in [-0.25, -0.2) is 0 Å². The molecule has 3 saturated heterocycles. The third-order valence-electron chi connectivity index (χ3n) is 11.4. The fourth-order valence-electron chi connectivity index (χ4n) is 8.32. The number of piperazine rings is 1. The van der Waals surface area contributed by atoms with E-state index in [9.17, 15) is 27.6 Å². The molecule has 0 spiro atoms. The van der Waals surface area contributed by atoms with Crippen molar-refractivity contribution in [3.05, 3.63) is 88.0 Å². The molecule has 0 saturated carbocycles. The minimum absolute atomic E-state index is 0.154. The van der Waals surface area contributed by atoms with E-state index in [4.69, 9.17) is 10.00 Å². The van der Waals surface area contributed by atoms with Gasteiger partial charge in [-0.1, -0.05) is 6.07 Å². The number of aryl methyl sites for hydroxylation is 1. The number of rotatable bonds is 10. The van der Waals surface area contributed by atoms with Gasteiger partial charge in [0.25, 0.3) is 5.91 Å². The Balaban J connectivity index is 0.816. The smallest absolute Gasteiger partial charge is 0.417 e. The van der Waals surface area contributed by atoms with E-state index in [-0.39, 0.29) is 23.8 Å². The number of ether oxygens (including phenoxy) is 1. The summed E-state index contributed by atoms with van der Waals surface area (Å²) in [5.41, 5.74) is 4.30. The number of anilines is 2. The molecule has 1 unspecified atom stereocenters. The topological polar surface area (TPSA) is 109 Å². The highest BCUT2D eigenvalue weighted by atomic mass is 19.4. The number of nitrogens with one attached hydrogen (secondary N) is 1. The Bertz CT molecular complexity index is 1950. The summed E-state index contributed by atoms with van der Waals surface area (Å²) < 4.78 is 46.6. The summed E-state index contributed by atoms with van der Waals surface area (Å²) >= 11 is 0. The SMILES string of the molecule is Cc1cc(OCCCCN2CCN(c3ccc4c(c3)CN(C3CCC(=O)NC3=O)C4=O)CC2)ccc1C1CCN(c2ccc(C#N)c(C(F)(F)F)c2)CC1. The molecule has 0 radical (unpaired) electrons. The Kier molecular flexibility index (Phi) is 10.8. The minimum atomic E-state index is -4.57. The lowest BCUT2D eigenvalue weighted by Crippen LogP contribution is -2.52. The summed E-state index contributed by atoms with van der Waals surface area (Å²) in [6.45, 7) is 9.04. The van der Waals surface area contributed by atoms with Gasteiger partial charge in [0.05, 0.1) is 23.8 Å². The highest BCUT2D eigenvalue weighted by molar-refractivity contribution is 6.05. The van der Waals surface area contributed by atoms with Crippen molar-refractivity contribution in [3.63, 3.8) is 0 Å². The molecular weight excluding hydrogens is 697 g/mol. The van der Waals surface area contributed by atoms with E-state index in [0.29, 0.717) is 49.8 Å². The van der Waals surface area contributed by atoms with E-state index >= 15 is 0 Å². The van der Waals surface area contributed by atoms with Gasteiger partial charge in [-0.15, -0.1) is 0 Å². The standard InChI is InChI=1S/C41H45F3N6O4/c1-27-22-33(7-9-34(27)28-12-15-48(16-13-28)32-5-4-29(25-45)36(24-32)41(42,43)44)54-21-3-2-14-47-17-19-49(20-18-47)31-6-8-35-30(23-31)26-50(40(35)53)37-10-11-38(51)46-39(37)52/h4-9,22-24,28,37H,2-3,10-21,26H2,1H3,(H,46,51,52). The number of halogens is 3. The van der Waals surface area contributed by atoms with Crippen LogP contribution in [0.1, 0.15) is 82.6 Å². The van der Waals surface area contributed by atoms with Gasteiger partial charge in [0.15, 0.2) is 0 Å². The number of unbranched alkanes of at least 4 members (excludes halogenated alkanes) is 1. The van der Waals surface area contributed by atoms with Gasteiger partial charge < -0.3 is 19.4 Å². The second kappa shape index (κ2) is 15.7. The number of fused-ring (bicyclic) bond motifs is 1. The van der Waals surface area contributed by atoms with Gasteiger partial charge in [-0.3, -0.25) is 24.6 Å². The molecule has 3 aromatic carbocycles. The first-order valence-electron chi connectivity index (χ1n) is 18.8. The average Bonchev–Trinajstić information content (AvgIpc) is 3.49. The molecule has 13 heteroatoms. The Morgan fingerprint density at radius 2 is 1.59 bits per heavy atom. The zero-order valence-corrected chi connectivity index (χ0v) is 30.5. The van der Waals surface area contributed by atoms with Gasteiger partial charge in [0, 0.05) is 69.2 Å². The second-order valence-electron chi connectivity index (χ2n) is 14.7. The van der Waals surface area contributed by atoms with Crippen LogP contribution in [0.25, 0.3) is 0 Å². The number of alkyl halides is 3. The molecule has 1 N–H and O–H groups in total. The summed E-state index contributed by atoms with van der Waals surface area (Å²) in [6, 6.07) is 17.2. The lowest BCUT2D eigenvalue weighted by Gasteiger charge is -2.36. The van der Waals surface area contributed by atoms with Gasteiger partial charge >= 0.3 is 6.18 Å². The molecule has 4 aliphatic rings. The lowest BCUT2D eigenvalue weighted by atomic mass is 9.86. The normalized spacial score (nSPS) is 19.9. The second-order valence-corrected chi connectivity index (χ2v) is 14.7. The van der Waals surface area contributed by atoms with Crippen molar-refractivity contribution in [1.29, 1.82) is 5.26 Å². The number of benzene rings is 3. The third kappa shape index (κ3) is 8.04. The van der Waals surface area contributed by atoms with E-state index in [1.54, 1.807) is 17.0 Å². The van der Waals surface area contributed by atoms with Gasteiger partial charge in [-0.2, -0.15) is 18.4 Å². The average molecular weight is 743 g/mol. The molecule has 3 fully saturated rings. The van der Waals surface area contributed by atoms with Crippen LogP contribution in [-0.4, -0.2) is 86.0 Å². The molecule has 0 bridgehead atoms. The van der Waals surface area contributed by atoms with Crippen molar-refractivity contribution in [2.75, 3.05) is 62.2 Å². The van der Waals surface area contributed by atoms with E-state index in [1.165, 1.54) is 11.6 Å². The fraction of sp³-hybridized carbons (Fsp3) is 0.463. The van der Waals surface area contributed by atoms with Crippen molar-refractivity contribution in [3.8, 4) is 11.8 Å². The van der Waals surface area contributed by atoms with E-state index in [2.05, 4.69) is 40.2 Å². The van der Waals surface area contributed by atoms with E-state index < -0.39 is 23.7 Å². The monoisotopic (exact) mass is 742 g/mol. The Labute approximate surface area is 313 Å². The van der Waals surface area contributed by atoms with Crippen LogP contribution in [0.15, 0.2) is 54.6 Å². The van der Waals surface area contributed by atoms with E-state index in [0.717, 1.165) is 87.0 Å². The molecular formula is C41H45F3N6O4. The van der Waals surface area contributed by atoms with Crippen LogP contribution < -0.4 is 19.9 Å². The zero-order valence-electron chi connectivity index (χ0n) is 30.5. The number of hydrogen-bond donors (Lipinski definition) is 1. The first kappa shape index (κ1) is 37.2. The zero-order chi connectivity index (χ0) is 38.0.